The molecule has 1 aromatic carbocycles. The summed E-state index contributed by atoms with van der Waals surface area (Å²) in [5.41, 5.74) is 0.939. The summed E-state index contributed by atoms with van der Waals surface area (Å²) in [6.07, 6.45) is 3.81. The van der Waals surface area contributed by atoms with E-state index in [1.54, 1.807) is 7.11 Å². The van der Waals surface area contributed by atoms with Crippen LogP contribution in [0.15, 0.2) is 24.3 Å². The summed E-state index contributed by atoms with van der Waals surface area (Å²) in [7, 11) is 1.63. The first-order valence-corrected chi connectivity index (χ1v) is 7.27. The average Bonchev–Trinajstić information content (AvgIpc) is 2.36. The fourth-order valence-electron chi connectivity index (χ4n) is 2.41. The summed E-state index contributed by atoms with van der Waals surface area (Å²) >= 11 is 5.81. The van der Waals surface area contributed by atoms with Crippen molar-refractivity contribution in [1.82, 2.24) is 4.90 Å². The van der Waals surface area contributed by atoms with Crippen LogP contribution in [0.4, 0.5) is 0 Å². The Hall–Kier alpha value is -1.22. The molecule has 0 bridgehead atoms. The fourth-order valence-corrected chi connectivity index (χ4v) is 2.60. The summed E-state index contributed by atoms with van der Waals surface area (Å²) in [4.78, 5) is 14.4. The van der Waals surface area contributed by atoms with Gasteiger partial charge in [0.25, 0.3) is 0 Å². The van der Waals surface area contributed by atoms with Crippen LogP contribution in [-0.4, -0.2) is 36.4 Å². The molecule has 1 saturated carbocycles. The molecule has 1 aromatic rings. The second-order valence-electron chi connectivity index (χ2n) is 4.85. The smallest absolute Gasteiger partial charge is 0.227 e. The number of amides is 1. The van der Waals surface area contributed by atoms with E-state index >= 15 is 0 Å². The predicted molar refractivity (Wildman–Crippen MR) is 76.8 cm³/mol. The van der Waals surface area contributed by atoms with E-state index < -0.39 is 0 Å². The SMILES string of the molecule is COc1ccccc1CC(=O)N(CCCl)C1CCC1. The molecule has 1 fully saturated rings. The molecule has 0 spiro atoms. The van der Waals surface area contributed by atoms with E-state index in [2.05, 4.69) is 0 Å². The van der Waals surface area contributed by atoms with E-state index in [1.807, 2.05) is 29.2 Å². The van der Waals surface area contributed by atoms with Gasteiger partial charge in [0, 0.05) is 24.0 Å². The third-order valence-electron chi connectivity index (χ3n) is 3.70. The minimum Gasteiger partial charge on any atom is -0.496 e. The van der Waals surface area contributed by atoms with Crippen molar-refractivity contribution in [3.05, 3.63) is 29.8 Å². The predicted octanol–water partition coefficient (Wildman–Crippen LogP) is 2.86. The fraction of sp³-hybridized carbons (Fsp3) is 0.533. The Balaban J connectivity index is 2.05. The lowest BCUT2D eigenvalue weighted by Gasteiger charge is -2.37. The lowest BCUT2D eigenvalue weighted by atomic mass is 9.91. The van der Waals surface area contributed by atoms with Crippen molar-refractivity contribution in [3.63, 3.8) is 0 Å². The lowest BCUT2D eigenvalue weighted by Crippen LogP contribution is -2.45. The minimum atomic E-state index is 0.148. The van der Waals surface area contributed by atoms with Crippen molar-refractivity contribution in [1.29, 1.82) is 0 Å². The van der Waals surface area contributed by atoms with Gasteiger partial charge in [0.15, 0.2) is 0 Å². The van der Waals surface area contributed by atoms with Crippen molar-refractivity contribution in [3.8, 4) is 5.75 Å². The van der Waals surface area contributed by atoms with E-state index in [0.29, 0.717) is 24.9 Å². The van der Waals surface area contributed by atoms with E-state index in [9.17, 15) is 4.79 Å². The van der Waals surface area contributed by atoms with Gasteiger partial charge in [0.2, 0.25) is 5.91 Å². The third kappa shape index (κ3) is 3.41. The molecule has 0 saturated heterocycles. The molecule has 19 heavy (non-hydrogen) atoms. The van der Waals surface area contributed by atoms with Crippen LogP contribution >= 0.6 is 11.6 Å². The van der Waals surface area contributed by atoms with Crippen LogP contribution < -0.4 is 4.74 Å². The number of benzene rings is 1. The van der Waals surface area contributed by atoms with Crippen molar-refractivity contribution in [2.45, 2.75) is 31.7 Å². The zero-order valence-corrected chi connectivity index (χ0v) is 12.0. The van der Waals surface area contributed by atoms with Crippen LogP contribution in [0.25, 0.3) is 0 Å². The maximum absolute atomic E-state index is 12.4. The number of hydrogen-bond donors (Lipinski definition) is 0. The molecule has 0 unspecified atom stereocenters. The highest BCUT2D eigenvalue weighted by Crippen LogP contribution is 2.26. The first kappa shape index (κ1) is 14.2. The molecular formula is C15H20ClNO2. The van der Waals surface area contributed by atoms with Crippen molar-refractivity contribution < 1.29 is 9.53 Å². The van der Waals surface area contributed by atoms with Gasteiger partial charge in [-0.05, 0) is 25.3 Å². The molecule has 0 heterocycles. The van der Waals surface area contributed by atoms with Crippen LogP contribution in [0.3, 0.4) is 0 Å². The molecule has 1 aliphatic carbocycles. The van der Waals surface area contributed by atoms with Gasteiger partial charge in [-0.15, -0.1) is 11.6 Å². The summed E-state index contributed by atoms with van der Waals surface area (Å²) in [6.45, 7) is 0.639. The van der Waals surface area contributed by atoms with Crippen molar-refractivity contribution in [2.75, 3.05) is 19.5 Å². The molecule has 4 heteroatoms. The highest BCUT2D eigenvalue weighted by Gasteiger charge is 2.28. The average molecular weight is 282 g/mol. The summed E-state index contributed by atoms with van der Waals surface area (Å²) in [5, 5.41) is 0. The first-order chi connectivity index (χ1) is 9.26. The van der Waals surface area contributed by atoms with Gasteiger partial charge in [0.05, 0.1) is 13.5 Å². The molecular weight excluding hydrogens is 262 g/mol. The molecule has 1 aliphatic rings. The largest absolute Gasteiger partial charge is 0.496 e. The Labute approximate surface area is 119 Å². The number of alkyl halides is 1. The van der Waals surface area contributed by atoms with Crippen LogP contribution in [0.1, 0.15) is 24.8 Å². The molecule has 104 valence electrons. The maximum Gasteiger partial charge on any atom is 0.227 e. The Morgan fingerprint density at radius 1 is 1.42 bits per heavy atom. The monoisotopic (exact) mass is 281 g/mol. The first-order valence-electron chi connectivity index (χ1n) is 6.73. The second kappa shape index (κ2) is 6.80. The zero-order valence-electron chi connectivity index (χ0n) is 11.3. The van der Waals surface area contributed by atoms with Gasteiger partial charge < -0.3 is 9.64 Å². The molecule has 3 nitrogen and oxygen atoms in total. The van der Waals surface area contributed by atoms with Crippen molar-refractivity contribution >= 4 is 17.5 Å². The summed E-state index contributed by atoms with van der Waals surface area (Å²) < 4.78 is 5.29. The number of hydrogen-bond acceptors (Lipinski definition) is 2. The topological polar surface area (TPSA) is 29.5 Å². The number of rotatable bonds is 6. The van der Waals surface area contributed by atoms with Crippen LogP contribution in [0, 0.1) is 0 Å². The summed E-state index contributed by atoms with van der Waals surface area (Å²) in [5.74, 6) is 1.42. The highest BCUT2D eigenvalue weighted by molar-refractivity contribution is 6.18. The number of para-hydroxylation sites is 1. The molecule has 0 aromatic heterocycles. The molecule has 0 aliphatic heterocycles. The van der Waals surface area contributed by atoms with Gasteiger partial charge in [-0.2, -0.15) is 0 Å². The maximum atomic E-state index is 12.4. The Morgan fingerprint density at radius 3 is 2.74 bits per heavy atom. The van der Waals surface area contributed by atoms with E-state index in [-0.39, 0.29) is 5.91 Å². The zero-order chi connectivity index (χ0) is 13.7. The van der Waals surface area contributed by atoms with E-state index in [0.717, 1.165) is 24.2 Å². The van der Waals surface area contributed by atoms with Gasteiger partial charge >= 0.3 is 0 Å². The molecule has 0 atom stereocenters. The van der Waals surface area contributed by atoms with Crippen LogP contribution in [0.2, 0.25) is 0 Å². The second-order valence-corrected chi connectivity index (χ2v) is 5.23. The Bertz CT molecular complexity index is 432. The van der Waals surface area contributed by atoms with Gasteiger partial charge in [0.1, 0.15) is 5.75 Å². The van der Waals surface area contributed by atoms with Crippen molar-refractivity contribution in [2.24, 2.45) is 0 Å². The van der Waals surface area contributed by atoms with Gasteiger partial charge in [-0.25, -0.2) is 0 Å². The number of ether oxygens (including phenoxy) is 1. The lowest BCUT2D eigenvalue weighted by molar-refractivity contribution is -0.134. The molecule has 2 rings (SSSR count). The molecule has 1 amide bonds. The number of carbonyl (C=O) groups excluding carboxylic acids is 1. The quantitative estimate of drug-likeness (QED) is 0.751. The van der Waals surface area contributed by atoms with Gasteiger partial charge in [-0.1, -0.05) is 18.2 Å². The normalized spacial score (nSPS) is 14.8. The minimum absolute atomic E-state index is 0.148. The number of halogens is 1. The standard InChI is InChI=1S/C15H20ClNO2/c1-19-14-8-3-2-5-12(14)11-15(18)17(10-9-16)13-6-4-7-13/h2-3,5,8,13H,4,6-7,9-11H2,1H3. The van der Waals surface area contributed by atoms with Gasteiger partial charge in [-0.3, -0.25) is 4.79 Å². The number of carbonyl (C=O) groups is 1. The Morgan fingerprint density at radius 2 is 2.16 bits per heavy atom. The Kier molecular flexibility index (Phi) is 5.08. The van der Waals surface area contributed by atoms with E-state index in [4.69, 9.17) is 16.3 Å². The number of nitrogens with zero attached hydrogens (tertiary/aromatic N) is 1. The van der Waals surface area contributed by atoms with Crippen LogP contribution in [0.5, 0.6) is 5.75 Å². The third-order valence-corrected chi connectivity index (χ3v) is 3.86. The highest BCUT2D eigenvalue weighted by atomic mass is 35.5. The number of methoxy groups -OCH3 is 1. The molecule has 0 N–H and O–H groups in total. The van der Waals surface area contributed by atoms with E-state index in [1.165, 1.54) is 6.42 Å². The summed E-state index contributed by atoms with van der Waals surface area (Å²) in [6, 6.07) is 8.06. The van der Waals surface area contributed by atoms with Crippen LogP contribution in [-0.2, 0) is 11.2 Å². The molecule has 0 radical (unpaired) electrons.